The number of carbonyl (C=O) groups is 1. The summed E-state index contributed by atoms with van der Waals surface area (Å²) in [6.07, 6.45) is 0.242. The van der Waals surface area contributed by atoms with Gasteiger partial charge in [-0.25, -0.2) is 8.42 Å². The average Bonchev–Trinajstić information content (AvgIpc) is 2.90. The Morgan fingerprint density at radius 1 is 0.629 bits per heavy atom. The predicted octanol–water partition coefficient (Wildman–Crippen LogP) is 4.81. The van der Waals surface area contributed by atoms with Crippen LogP contribution in [0.1, 0.15) is 16.7 Å². The smallest absolute Gasteiger partial charge is 0.241 e. The van der Waals surface area contributed by atoms with Crippen molar-refractivity contribution < 1.29 is 13.2 Å². The van der Waals surface area contributed by atoms with Crippen LogP contribution in [-0.4, -0.2) is 25.3 Å². The second-order valence-corrected chi connectivity index (χ2v) is 10.1. The quantitative estimate of drug-likeness (QED) is 0.351. The summed E-state index contributed by atoms with van der Waals surface area (Å²) in [5, 5.41) is 0. The SMILES string of the molecule is O=C([C@@H](Cc1ccccc1)NS(=O)(=O)c1ccccc1)N(Cc1ccccc1)Cc1ccccc1. The van der Waals surface area contributed by atoms with Crippen LogP contribution in [0, 0.1) is 0 Å². The van der Waals surface area contributed by atoms with Gasteiger partial charge in [0.1, 0.15) is 6.04 Å². The van der Waals surface area contributed by atoms with E-state index in [0.717, 1.165) is 16.7 Å². The molecule has 6 heteroatoms. The topological polar surface area (TPSA) is 66.5 Å². The number of hydrogen-bond acceptors (Lipinski definition) is 3. The highest BCUT2D eigenvalue weighted by atomic mass is 32.2. The molecule has 0 spiro atoms. The van der Waals surface area contributed by atoms with Crippen LogP contribution < -0.4 is 4.72 Å². The van der Waals surface area contributed by atoms with Crippen LogP contribution in [-0.2, 0) is 34.3 Å². The maximum Gasteiger partial charge on any atom is 0.241 e. The summed E-state index contributed by atoms with van der Waals surface area (Å²) in [4.78, 5) is 15.8. The molecule has 0 unspecified atom stereocenters. The molecule has 1 atom stereocenters. The van der Waals surface area contributed by atoms with Crippen LogP contribution >= 0.6 is 0 Å². The molecule has 1 N–H and O–H groups in total. The van der Waals surface area contributed by atoms with E-state index in [0.29, 0.717) is 13.1 Å². The highest BCUT2D eigenvalue weighted by molar-refractivity contribution is 7.89. The van der Waals surface area contributed by atoms with Crippen molar-refractivity contribution >= 4 is 15.9 Å². The fourth-order valence-corrected chi connectivity index (χ4v) is 5.13. The first-order valence-electron chi connectivity index (χ1n) is 11.5. The highest BCUT2D eigenvalue weighted by Gasteiger charge is 2.30. The van der Waals surface area contributed by atoms with Gasteiger partial charge in [0.05, 0.1) is 4.90 Å². The zero-order valence-corrected chi connectivity index (χ0v) is 20.1. The maximum absolute atomic E-state index is 14.0. The molecule has 178 valence electrons. The summed E-state index contributed by atoms with van der Waals surface area (Å²) in [7, 11) is -3.90. The molecule has 1 amide bonds. The zero-order valence-electron chi connectivity index (χ0n) is 19.3. The van der Waals surface area contributed by atoms with E-state index in [1.54, 1.807) is 23.1 Å². The van der Waals surface area contributed by atoms with E-state index in [2.05, 4.69) is 4.72 Å². The van der Waals surface area contributed by atoms with E-state index in [1.807, 2.05) is 91.0 Å². The lowest BCUT2D eigenvalue weighted by Gasteiger charge is -2.28. The van der Waals surface area contributed by atoms with E-state index in [-0.39, 0.29) is 17.2 Å². The Labute approximate surface area is 207 Å². The lowest BCUT2D eigenvalue weighted by Crippen LogP contribution is -2.49. The molecule has 0 saturated carbocycles. The van der Waals surface area contributed by atoms with Crippen LogP contribution in [0.25, 0.3) is 0 Å². The van der Waals surface area contributed by atoms with E-state index in [4.69, 9.17) is 0 Å². The van der Waals surface area contributed by atoms with Gasteiger partial charge in [-0.1, -0.05) is 109 Å². The van der Waals surface area contributed by atoms with Crippen molar-refractivity contribution in [1.82, 2.24) is 9.62 Å². The third-order valence-corrected chi connectivity index (χ3v) is 7.16. The van der Waals surface area contributed by atoms with Crippen LogP contribution in [0.15, 0.2) is 126 Å². The molecule has 4 aromatic rings. The Morgan fingerprint density at radius 3 is 1.49 bits per heavy atom. The molecule has 5 nitrogen and oxygen atoms in total. The van der Waals surface area contributed by atoms with Gasteiger partial charge in [0.15, 0.2) is 0 Å². The molecule has 4 aromatic carbocycles. The van der Waals surface area contributed by atoms with Gasteiger partial charge in [-0.05, 0) is 35.2 Å². The maximum atomic E-state index is 14.0. The number of nitrogens with one attached hydrogen (secondary N) is 1. The number of benzene rings is 4. The first-order valence-corrected chi connectivity index (χ1v) is 13.0. The summed E-state index contributed by atoms with van der Waals surface area (Å²) in [5.74, 6) is -0.277. The Bertz CT molecular complexity index is 1270. The molecule has 0 heterocycles. The fraction of sp³-hybridized carbons (Fsp3) is 0.138. The van der Waals surface area contributed by atoms with Crippen molar-refractivity contribution in [2.45, 2.75) is 30.4 Å². The minimum Gasteiger partial charge on any atom is -0.333 e. The molecule has 0 radical (unpaired) electrons. The number of nitrogens with zero attached hydrogens (tertiary/aromatic N) is 1. The molecule has 0 bridgehead atoms. The Morgan fingerprint density at radius 2 is 1.03 bits per heavy atom. The molecule has 0 aliphatic carbocycles. The third-order valence-electron chi connectivity index (χ3n) is 5.68. The molecule has 0 aliphatic heterocycles. The minimum atomic E-state index is -3.90. The number of sulfonamides is 1. The monoisotopic (exact) mass is 484 g/mol. The second kappa shape index (κ2) is 11.6. The largest absolute Gasteiger partial charge is 0.333 e. The van der Waals surface area contributed by atoms with Crippen molar-refractivity contribution in [2.24, 2.45) is 0 Å². The molecule has 35 heavy (non-hydrogen) atoms. The van der Waals surface area contributed by atoms with E-state index >= 15 is 0 Å². The van der Waals surface area contributed by atoms with E-state index < -0.39 is 16.1 Å². The predicted molar refractivity (Wildman–Crippen MR) is 138 cm³/mol. The normalized spacial score (nSPS) is 12.1. The first-order chi connectivity index (χ1) is 17.0. The van der Waals surface area contributed by atoms with Gasteiger partial charge < -0.3 is 4.90 Å². The summed E-state index contributed by atoms with van der Waals surface area (Å²) in [6, 6.07) is 36.1. The molecule has 4 rings (SSSR count). The zero-order chi connectivity index (χ0) is 24.5. The molecule has 0 fully saturated rings. The van der Waals surface area contributed by atoms with Crippen LogP contribution in [0.3, 0.4) is 0 Å². The highest BCUT2D eigenvalue weighted by Crippen LogP contribution is 2.16. The molecule has 0 aliphatic rings. The van der Waals surface area contributed by atoms with Gasteiger partial charge in [0, 0.05) is 13.1 Å². The molecule has 0 aromatic heterocycles. The standard InChI is InChI=1S/C29H28N2O3S/c32-29(31(22-25-15-7-2-8-16-25)23-26-17-9-3-10-18-26)28(21-24-13-5-1-6-14-24)30-35(33,34)27-19-11-4-12-20-27/h1-20,28,30H,21-23H2/t28-/m1/s1. The summed E-state index contributed by atoms with van der Waals surface area (Å²) in [5.41, 5.74) is 2.82. The fourth-order valence-electron chi connectivity index (χ4n) is 3.92. The van der Waals surface area contributed by atoms with Gasteiger partial charge in [-0.3, -0.25) is 4.79 Å². The molecule has 0 saturated heterocycles. The summed E-state index contributed by atoms with van der Waals surface area (Å²) < 4.78 is 29.1. The van der Waals surface area contributed by atoms with Gasteiger partial charge in [0.2, 0.25) is 15.9 Å². The third kappa shape index (κ3) is 6.88. The number of hydrogen-bond donors (Lipinski definition) is 1. The molecular formula is C29H28N2O3S. The van der Waals surface area contributed by atoms with Gasteiger partial charge in [0.25, 0.3) is 0 Å². The summed E-state index contributed by atoms with van der Waals surface area (Å²) >= 11 is 0. The number of rotatable bonds is 10. The van der Waals surface area contributed by atoms with Crippen LogP contribution in [0.2, 0.25) is 0 Å². The van der Waals surface area contributed by atoms with Gasteiger partial charge in [-0.2, -0.15) is 4.72 Å². The van der Waals surface area contributed by atoms with Crippen molar-refractivity contribution in [1.29, 1.82) is 0 Å². The molecular weight excluding hydrogens is 456 g/mol. The van der Waals surface area contributed by atoms with Crippen LogP contribution in [0.5, 0.6) is 0 Å². The minimum absolute atomic E-state index is 0.128. The Kier molecular flexibility index (Phi) is 8.08. The number of carbonyl (C=O) groups excluding carboxylic acids is 1. The van der Waals surface area contributed by atoms with Crippen molar-refractivity contribution in [2.75, 3.05) is 0 Å². The van der Waals surface area contributed by atoms with Crippen LogP contribution in [0.4, 0.5) is 0 Å². The summed E-state index contributed by atoms with van der Waals surface area (Å²) in [6.45, 7) is 0.736. The lowest BCUT2D eigenvalue weighted by atomic mass is 10.0. The lowest BCUT2D eigenvalue weighted by molar-refractivity contribution is -0.134. The van der Waals surface area contributed by atoms with Gasteiger partial charge in [-0.15, -0.1) is 0 Å². The first kappa shape index (κ1) is 24.4. The Hall–Kier alpha value is -3.74. The van der Waals surface area contributed by atoms with E-state index in [9.17, 15) is 13.2 Å². The number of amides is 1. The van der Waals surface area contributed by atoms with Crippen molar-refractivity contribution in [3.05, 3.63) is 138 Å². The van der Waals surface area contributed by atoms with Crippen molar-refractivity contribution in [3.63, 3.8) is 0 Å². The average molecular weight is 485 g/mol. The Balaban J connectivity index is 1.66. The van der Waals surface area contributed by atoms with Crippen molar-refractivity contribution in [3.8, 4) is 0 Å². The van der Waals surface area contributed by atoms with Gasteiger partial charge >= 0.3 is 0 Å². The van der Waals surface area contributed by atoms with E-state index in [1.165, 1.54) is 12.1 Å². The second-order valence-electron chi connectivity index (χ2n) is 8.34.